The van der Waals surface area contributed by atoms with Crippen molar-refractivity contribution < 1.29 is 23.8 Å². The maximum atomic E-state index is 13.4. The Balaban J connectivity index is 1.64. The molecule has 1 aliphatic rings. The predicted molar refractivity (Wildman–Crippen MR) is 133 cm³/mol. The molecule has 184 valence electrons. The quantitative estimate of drug-likeness (QED) is 0.286. The molecule has 0 aliphatic carbocycles. The van der Waals surface area contributed by atoms with Crippen molar-refractivity contribution in [3.8, 4) is 5.75 Å². The molecule has 0 saturated carbocycles. The van der Waals surface area contributed by atoms with E-state index < -0.39 is 11.2 Å². The zero-order valence-electron chi connectivity index (χ0n) is 19.8. The number of methoxy groups -OCH3 is 2. The first-order valence-electron chi connectivity index (χ1n) is 11.3. The Kier molecular flexibility index (Phi) is 7.72. The Morgan fingerprint density at radius 2 is 2.00 bits per heavy atom. The third-order valence-corrected chi connectivity index (χ3v) is 6.85. The van der Waals surface area contributed by atoms with Gasteiger partial charge in [0, 0.05) is 12.3 Å². The Hall–Kier alpha value is -3.37. The number of rotatable bonds is 8. The van der Waals surface area contributed by atoms with Crippen LogP contribution >= 0.6 is 11.8 Å². The molecule has 1 aromatic heterocycles. The lowest BCUT2D eigenvalue weighted by atomic mass is 10.1. The normalized spacial score (nSPS) is 16.1. The third kappa shape index (κ3) is 5.66. The van der Waals surface area contributed by atoms with Crippen LogP contribution in [0.5, 0.6) is 5.75 Å². The highest BCUT2D eigenvalue weighted by Gasteiger charge is 2.24. The molecule has 35 heavy (non-hydrogen) atoms. The van der Waals surface area contributed by atoms with Gasteiger partial charge < -0.3 is 19.5 Å². The molecule has 1 aliphatic heterocycles. The van der Waals surface area contributed by atoms with Crippen LogP contribution in [0.4, 0.5) is 5.69 Å². The minimum absolute atomic E-state index is 0.0934. The van der Waals surface area contributed by atoms with Crippen LogP contribution in [0.15, 0.2) is 52.4 Å². The van der Waals surface area contributed by atoms with Crippen LogP contribution in [0.1, 0.15) is 30.1 Å². The molecule has 4 rings (SSSR count). The number of nitrogens with zero attached hydrogens (tertiary/aromatic N) is 2. The van der Waals surface area contributed by atoms with E-state index >= 15 is 0 Å². The summed E-state index contributed by atoms with van der Waals surface area (Å²) in [6.07, 6.45) is 1.69. The summed E-state index contributed by atoms with van der Waals surface area (Å²) >= 11 is 1.18. The van der Waals surface area contributed by atoms with Crippen molar-refractivity contribution in [2.24, 2.45) is 0 Å². The largest absolute Gasteiger partial charge is 0.497 e. The van der Waals surface area contributed by atoms with Gasteiger partial charge in [-0.25, -0.2) is 9.78 Å². The lowest BCUT2D eigenvalue weighted by molar-refractivity contribution is -0.115. The Morgan fingerprint density at radius 3 is 2.66 bits per heavy atom. The van der Waals surface area contributed by atoms with E-state index in [0.29, 0.717) is 46.2 Å². The smallest absolute Gasteiger partial charge is 0.337 e. The molecule has 2 unspecified atom stereocenters. The number of hydrogen-bond donors (Lipinski definition) is 1. The summed E-state index contributed by atoms with van der Waals surface area (Å²) in [6.45, 7) is 2.75. The maximum Gasteiger partial charge on any atom is 0.337 e. The summed E-state index contributed by atoms with van der Waals surface area (Å²) in [7, 11) is 2.87. The van der Waals surface area contributed by atoms with Gasteiger partial charge in [0.15, 0.2) is 5.16 Å². The number of fused-ring (bicyclic) bond motifs is 1. The van der Waals surface area contributed by atoms with Crippen LogP contribution in [0, 0.1) is 0 Å². The van der Waals surface area contributed by atoms with Gasteiger partial charge in [0.1, 0.15) is 5.75 Å². The van der Waals surface area contributed by atoms with Gasteiger partial charge in [0.2, 0.25) is 5.91 Å². The molecule has 0 spiro atoms. The van der Waals surface area contributed by atoms with Crippen molar-refractivity contribution >= 4 is 40.2 Å². The lowest BCUT2D eigenvalue weighted by Gasteiger charge is -2.19. The van der Waals surface area contributed by atoms with Crippen LogP contribution in [-0.4, -0.2) is 53.6 Å². The highest BCUT2D eigenvalue weighted by atomic mass is 32.2. The molecule has 0 radical (unpaired) electrons. The van der Waals surface area contributed by atoms with Gasteiger partial charge >= 0.3 is 5.97 Å². The predicted octanol–water partition coefficient (Wildman–Crippen LogP) is 3.49. The molecule has 1 amide bonds. The van der Waals surface area contributed by atoms with Gasteiger partial charge in [-0.3, -0.25) is 14.2 Å². The molecule has 3 aromatic rings. The van der Waals surface area contributed by atoms with E-state index in [1.54, 1.807) is 55.0 Å². The van der Waals surface area contributed by atoms with E-state index in [4.69, 9.17) is 14.2 Å². The molecule has 1 saturated heterocycles. The summed E-state index contributed by atoms with van der Waals surface area (Å²) in [6, 6.07) is 11.7. The van der Waals surface area contributed by atoms with Crippen LogP contribution in [0.2, 0.25) is 0 Å². The number of anilines is 1. The first kappa shape index (κ1) is 24.7. The lowest BCUT2D eigenvalue weighted by Crippen LogP contribution is -2.30. The second-order valence-corrected chi connectivity index (χ2v) is 9.45. The topological polar surface area (TPSA) is 109 Å². The van der Waals surface area contributed by atoms with Gasteiger partial charge in [-0.2, -0.15) is 0 Å². The number of carbonyl (C=O) groups is 2. The number of esters is 1. The second kappa shape index (κ2) is 10.9. The SMILES string of the molecule is COC(=O)c1ccc2c(=O)n(CC3CCCO3)c(SC(C)C(=O)Nc3ccc(OC)cc3)nc2c1. The maximum absolute atomic E-state index is 13.4. The molecule has 10 heteroatoms. The summed E-state index contributed by atoms with van der Waals surface area (Å²) < 4.78 is 17.3. The average molecular weight is 498 g/mol. The zero-order chi connectivity index (χ0) is 24.9. The van der Waals surface area contributed by atoms with Crippen molar-refractivity contribution in [2.75, 3.05) is 26.1 Å². The van der Waals surface area contributed by atoms with Crippen LogP contribution in [-0.2, 0) is 20.8 Å². The van der Waals surface area contributed by atoms with Gasteiger partial charge in [-0.05, 0) is 62.2 Å². The van der Waals surface area contributed by atoms with E-state index in [9.17, 15) is 14.4 Å². The zero-order valence-corrected chi connectivity index (χ0v) is 20.6. The summed E-state index contributed by atoms with van der Waals surface area (Å²) in [4.78, 5) is 43.0. The molecule has 1 fully saturated rings. The van der Waals surface area contributed by atoms with E-state index in [0.717, 1.165) is 12.8 Å². The molecule has 0 bridgehead atoms. The molecule has 2 aromatic carbocycles. The molecular weight excluding hydrogens is 470 g/mol. The molecule has 2 atom stereocenters. The van der Waals surface area contributed by atoms with E-state index in [2.05, 4.69) is 10.3 Å². The number of thioether (sulfide) groups is 1. The Morgan fingerprint density at radius 1 is 1.23 bits per heavy atom. The average Bonchev–Trinajstić information content (AvgIpc) is 3.39. The van der Waals surface area contributed by atoms with Crippen molar-refractivity contribution in [2.45, 2.75) is 42.8 Å². The number of amides is 1. The van der Waals surface area contributed by atoms with E-state index in [1.165, 1.54) is 24.9 Å². The van der Waals surface area contributed by atoms with Crippen molar-refractivity contribution in [3.63, 3.8) is 0 Å². The highest BCUT2D eigenvalue weighted by molar-refractivity contribution is 8.00. The number of carbonyl (C=O) groups excluding carboxylic acids is 2. The summed E-state index contributed by atoms with van der Waals surface area (Å²) in [5.74, 6) is -0.0598. The summed E-state index contributed by atoms with van der Waals surface area (Å²) in [5, 5.41) is 3.09. The fourth-order valence-electron chi connectivity index (χ4n) is 3.82. The van der Waals surface area contributed by atoms with Crippen molar-refractivity contribution in [1.82, 2.24) is 9.55 Å². The van der Waals surface area contributed by atoms with Crippen molar-refractivity contribution in [3.05, 3.63) is 58.4 Å². The molecular formula is C25H27N3O6S. The number of ether oxygens (including phenoxy) is 3. The minimum Gasteiger partial charge on any atom is -0.497 e. The van der Waals surface area contributed by atoms with Crippen LogP contribution < -0.4 is 15.6 Å². The number of benzene rings is 2. The number of hydrogen-bond acceptors (Lipinski definition) is 8. The number of aromatic nitrogens is 2. The fourth-order valence-corrected chi connectivity index (χ4v) is 4.74. The van der Waals surface area contributed by atoms with Gasteiger partial charge in [-0.15, -0.1) is 0 Å². The minimum atomic E-state index is -0.555. The fraction of sp³-hybridized carbons (Fsp3) is 0.360. The van der Waals surface area contributed by atoms with Gasteiger partial charge in [-0.1, -0.05) is 11.8 Å². The Labute approximate surface area is 206 Å². The first-order valence-corrected chi connectivity index (χ1v) is 12.1. The van der Waals surface area contributed by atoms with Gasteiger partial charge in [0.05, 0.1) is 48.6 Å². The second-order valence-electron chi connectivity index (χ2n) is 8.15. The molecule has 1 N–H and O–H groups in total. The summed E-state index contributed by atoms with van der Waals surface area (Å²) in [5.41, 5.74) is 1.05. The number of nitrogens with one attached hydrogen (secondary N) is 1. The third-order valence-electron chi connectivity index (χ3n) is 5.76. The monoisotopic (exact) mass is 497 g/mol. The van der Waals surface area contributed by atoms with Crippen molar-refractivity contribution in [1.29, 1.82) is 0 Å². The van der Waals surface area contributed by atoms with Crippen LogP contribution in [0.3, 0.4) is 0 Å². The van der Waals surface area contributed by atoms with E-state index in [1.807, 2.05) is 0 Å². The standard InChI is InChI=1S/C25H27N3O6S/c1-15(22(29)26-17-7-9-18(32-2)10-8-17)35-25-27-21-13-16(24(31)33-3)6-11-20(21)23(30)28(25)14-19-5-4-12-34-19/h6-11,13,15,19H,4-5,12,14H2,1-3H3,(H,26,29). The van der Waals surface area contributed by atoms with Crippen LogP contribution in [0.25, 0.3) is 10.9 Å². The highest BCUT2D eigenvalue weighted by Crippen LogP contribution is 2.26. The first-order chi connectivity index (χ1) is 16.9. The molecule has 9 nitrogen and oxygen atoms in total. The van der Waals surface area contributed by atoms with Gasteiger partial charge in [0.25, 0.3) is 5.56 Å². The Bertz CT molecular complexity index is 1280. The van der Waals surface area contributed by atoms with E-state index in [-0.39, 0.29) is 17.6 Å². The molecule has 2 heterocycles.